The van der Waals surface area contributed by atoms with Crippen LogP contribution in [-0.4, -0.2) is 32.7 Å². The Bertz CT molecular complexity index is 901. The fraction of sp³-hybridized carbons (Fsp3) is 0.450. The van der Waals surface area contributed by atoms with Gasteiger partial charge in [0.05, 0.1) is 24.5 Å². The van der Waals surface area contributed by atoms with Gasteiger partial charge in [-0.25, -0.2) is 10.5 Å². The molecule has 1 aromatic heterocycles. The number of carbonyl (C=O) groups is 2. The number of ether oxygens (including phenoxy) is 1. The Morgan fingerprint density at radius 3 is 2.45 bits per heavy atom. The van der Waals surface area contributed by atoms with E-state index in [4.69, 9.17) is 9.29 Å². The number of aryl methyl sites for hydroxylation is 1. The molecule has 0 aliphatic carbocycles. The van der Waals surface area contributed by atoms with E-state index >= 15 is 0 Å². The minimum absolute atomic E-state index is 0.224. The second kappa shape index (κ2) is 11.9. The maximum Gasteiger partial charge on any atom is 0.324 e. The van der Waals surface area contributed by atoms with Crippen molar-refractivity contribution in [3.63, 3.8) is 0 Å². The fourth-order valence-corrected chi connectivity index (χ4v) is 4.06. The lowest BCUT2D eigenvalue weighted by Gasteiger charge is -2.22. The molecule has 1 amide bonds. The smallest absolute Gasteiger partial charge is 0.324 e. The highest BCUT2D eigenvalue weighted by Gasteiger charge is 2.33. The van der Waals surface area contributed by atoms with Crippen LogP contribution < -0.4 is 10.8 Å². The van der Waals surface area contributed by atoms with Gasteiger partial charge in [0.1, 0.15) is 10.9 Å². The standard InChI is InChI=1S/C20H27N3O6S2/c1-5-14-11-30-19(21-14)16(22-18(24)17(12(2)3)20(25)28-4)10-13-6-8-15(9-7-13)23-29-31(26)27/h6-9,11-12,16-17,23H,5,10H2,1-4H3,(H,22,24)(H,26,27)/t16-,17-/m0/s1. The number of benzene rings is 1. The number of nitrogens with zero attached hydrogens (tertiary/aromatic N) is 1. The average Bonchev–Trinajstić information content (AvgIpc) is 3.21. The molecule has 170 valence electrons. The highest BCUT2D eigenvalue weighted by molar-refractivity contribution is 7.74. The Morgan fingerprint density at radius 1 is 1.26 bits per heavy atom. The van der Waals surface area contributed by atoms with Crippen molar-refractivity contribution in [2.75, 3.05) is 12.6 Å². The lowest BCUT2D eigenvalue weighted by molar-refractivity contribution is -0.152. The summed E-state index contributed by atoms with van der Waals surface area (Å²) in [6.07, 6.45) is 1.22. The maximum absolute atomic E-state index is 12.9. The van der Waals surface area contributed by atoms with E-state index in [1.54, 1.807) is 38.1 Å². The van der Waals surface area contributed by atoms with Gasteiger partial charge in [0.15, 0.2) is 0 Å². The van der Waals surface area contributed by atoms with E-state index in [2.05, 4.69) is 20.1 Å². The zero-order chi connectivity index (χ0) is 23.0. The van der Waals surface area contributed by atoms with Crippen molar-refractivity contribution < 1.29 is 27.4 Å². The first-order chi connectivity index (χ1) is 14.7. The number of esters is 1. The van der Waals surface area contributed by atoms with Crippen molar-refractivity contribution in [3.05, 3.63) is 45.9 Å². The summed E-state index contributed by atoms with van der Waals surface area (Å²) in [5.41, 5.74) is 4.69. The molecule has 0 spiro atoms. The van der Waals surface area contributed by atoms with Crippen molar-refractivity contribution in [2.45, 2.75) is 39.7 Å². The Kier molecular flexibility index (Phi) is 9.56. The molecule has 0 bridgehead atoms. The molecule has 31 heavy (non-hydrogen) atoms. The van der Waals surface area contributed by atoms with E-state index < -0.39 is 35.2 Å². The van der Waals surface area contributed by atoms with E-state index in [9.17, 15) is 13.8 Å². The van der Waals surface area contributed by atoms with Gasteiger partial charge in [-0.15, -0.1) is 15.6 Å². The molecule has 2 aromatic rings. The number of rotatable bonds is 11. The third kappa shape index (κ3) is 7.39. The lowest BCUT2D eigenvalue weighted by atomic mass is 9.94. The van der Waals surface area contributed by atoms with Gasteiger partial charge in [-0.3, -0.25) is 14.1 Å². The quantitative estimate of drug-likeness (QED) is 0.198. The topological polar surface area (TPSA) is 127 Å². The van der Waals surface area contributed by atoms with E-state index in [1.165, 1.54) is 18.4 Å². The number of hydrogen-bond donors (Lipinski definition) is 3. The van der Waals surface area contributed by atoms with Crippen LogP contribution in [0, 0.1) is 11.8 Å². The van der Waals surface area contributed by atoms with Gasteiger partial charge >= 0.3 is 17.3 Å². The van der Waals surface area contributed by atoms with Crippen LogP contribution in [0.15, 0.2) is 29.6 Å². The van der Waals surface area contributed by atoms with Crippen LogP contribution in [-0.2, 0) is 42.8 Å². The van der Waals surface area contributed by atoms with Gasteiger partial charge in [0.25, 0.3) is 0 Å². The molecular formula is C20H27N3O6S2. The summed E-state index contributed by atoms with van der Waals surface area (Å²) in [5, 5.41) is 5.67. The molecule has 2 rings (SSSR count). The Morgan fingerprint density at radius 2 is 1.94 bits per heavy atom. The van der Waals surface area contributed by atoms with E-state index in [-0.39, 0.29) is 5.92 Å². The summed E-state index contributed by atoms with van der Waals surface area (Å²) < 4.78 is 28.5. The number of methoxy groups -OCH3 is 1. The molecule has 0 aliphatic heterocycles. The molecule has 0 fully saturated rings. The third-order valence-electron chi connectivity index (χ3n) is 4.58. The molecule has 0 aliphatic rings. The summed E-state index contributed by atoms with van der Waals surface area (Å²) in [7, 11) is 1.27. The highest BCUT2D eigenvalue weighted by atomic mass is 32.2. The van der Waals surface area contributed by atoms with Crippen molar-refractivity contribution >= 4 is 40.3 Å². The summed E-state index contributed by atoms with van der Waals surface area (Å²) in [6.45, 7) is 5.59. The number of anilines is 1. The Hall–Kier alpha value is -2.34. The molecule has 0 radical (unpaired) electrons. The first-order valence-electron chi connectivity index (χ1n) is 9.70. The largest absolute Gasteiger partial charge is 0.468 e. The summed E-state index contributed by atoms with van der Waals surface area (Å²) in [4.78, 5) is 29.6. The van der Waals surface area contributed by atoms with Crippen molar-refractivity contribution in [3.8, 4) is 0 Å². The minimum Gasteiger partial charge on any atom is -0.468 e. The van der Waals surface area contributed by atoms with Gasteiger partial charge in [0, 0.05) is 5.38 Å². The second-order valence-electron chi connectivity index (χ2n) is 7.14. The molecule has 1 aromatic carbocycles. The van der Waals surface area contributed by atoms with Gasteiger partial charge in [0.2, 0.25) is 5.91 Å². The monoisotopic (exact) mass is 469 g/mol. The maximum atomic E-state index is 12.9. The number of hydrogen-bond acceptors (Lipinski definition) is 8. The molecule has 0 saturated carbocycles. The fourth-order valence-electron chi connectivity index (χ4n) is 2.94. The van der Waals surface area contributed by atoms with Crippen LogP contribution in [0.3, 0.4) is 0 Å². The normalized spacial score (nSPS) is 14.0. The molecule has 3 atom stereocenters. The first-order valence-corrected chi connectivity index (χ1v) is 11.6. The predicted octanol–water partition coefficient (Wildman–Crippen LogP) is 3.03. The number of thiazole rings is 1. The van der Waals surface area contributed by atoms with Gasteiger partial charge in [-0.1, -0.05) is 32.9 Å². The van der Waals surface area contributed by atoms with Crippen LogP contribution >= 0.6 is 11.3 Å². The molecule has 11 heteroatoms. The molecule has 1 heterocycles. The average molecular weight is 470 g/mol. The van der Waals surface area contributed by atoms with Gasteiger partial charge < -0.3 is 10.1 Å². The Labute approximate surface area is 188 Å². The zero-order valence-corrected chi connectivity index (χ0v) is 19.4. The second-order valence-corrected chi connectivity index (χ2v) is 8.63. The van der Waals surface area contributed by atoms with Crippen LogP contribution in [0.2, 0.25) is 0 Å². The number of nitrogens with one attached hydrogen (secondary N) is 2. The SMILES string of the molecule is CCc1csc([C@H](Cc2ccc(NOS(=O)O)cc2)NC(=O)[C@@H](C(=O)OC)C(C)C)n1. The highest BCUT2D eigenvalue weighted by Crippen LogP contribution is 2.25. The summed E-state index contributed by atoms with van der Waals surface area (Å²) in [6, 6.07) is 6.56. The van der Waals surface area contributed by atoms with Crippen LogP contribution in [0.25, 0.3) is 0 Å². The van der Waals surface area contributed by atoms with Crippen molar-refractivity contribution in [2.24, 2.45) is 11.8 Å². The molecule has 3 N–H and O–H groups in total. The molecule has 1 unspecified atom stereocenters. The van der Waals surface area contributed by atoms with E-state index in [1.807, 2.05) is 12.3 Å². The third-order valence-corrected chi connectivity index (χ3v) is 5.81. The molecular weight excluding hydrogens is 442 g/mol. The number of amides is 1. The first kappa shape index (κ1) is 24.9. The van der Waals surface area contributed by atoms with E-state index in [0.717, 1.165) is 22.7 Å². The van der Waals surface area contributed by atoms with E-state index in [0.29, 0.717) is 12.1 Å². The summed E-state index contributed by atoms with van der Waals surface area (Å²) >= 11 is -0.971. The molecule has 0 saturated heterocycles. The van der Waals surface area contributed by atoms with Crippen molar-refractivity contribution in [1.82, 2.24) is 10.3 Å². The Balaban J connectivity index is 2.22. The molecule has 9 nitrogen and oxygen atoms in total. The van der Waals surface area contributed by atoms with Crippen LogP contribution in [0.1, 0.15) is 43.1 Å². The van der Waals surface area contributed by atoms with Gasteiger partial charge in [-0.05, 0) is 36.5 Å². The van der Waals surface area contributed by atoms with Crippen LogP contribution in [0.5, 0.6) is 0 Å². The zero-order valence-electron chi connectivity index (χ0n) is 17.8. The van der Waals surface area contributed by atoms with Gasteiger partial charge in [-0.2, -0.15) is 4.21 Å². The lowest BCUT2D eigenvalue weighted by Crippen LogP contribution is -2.41. The number of carbonyl (C=O) groups excluding carboxylic acids is 2. The minimum atomic E-state index is -2.43. The number of aromatic nitrogens is 1. The van der Waals surface area contributed by atoms with Crippen LogP contribution in [0.4, 0.5) is 5.69 Å². The summed E-state index contributed by atoms with van der Waals surface area (Å²) in [5.74, 6) is -2.12. The predicted molar refractivity (Wildman–Crippen MR) is 118 cm³/mol. The van der Waals surface area contributed by atoms with Crippen molar-refractivity contribution in [1.29, 1.82) is 0 Å².